The number of amides is 1. The Bertz CT molecular complexity index is 1190. The van der Waals surface area contributed by atoms with Crippen molar-refractivity contribution in [3.05, 3.63) is 23.4 Å². The highest BCUT2D eigenvalue weighted by atomic mass is 16.5. The fourth-order valence-electron chi connectivity index (χ4n) is 6.96. The minimum atomic E-state index is -0.808. The fraction of sp³-hybridized carbons (Fsp3) is 0.833. The van der Waals surface area contributed by atoms with Crippen LogP contribution in [0.1, 0.15) is 179 Å². The quantitative estimate of drug-likeness (QED) is 0.0697. The van der Waals surface area contributed by atoms with E-state index in [9.17, 15) is 14.7 Å². The normalized spacial score (nSPS) is 17.1. The second-order valence-electron chi connectivity index (χ2n) is 14.8. The van der Waals surface area contributed by atoms with E-state index in [0.29, 0.717) is 48.6 Å². The predicted molar refractivity (Wildman–Crippen MR) is 186 cm³/mol. The highest BCUT2D eigenvalue weighted by Gasteiger charge is 2.25. The van der Waals surface area contributed by atoms with E-state index in [-0.39, 0.29) is 24.7 Å². The summed E-state index contributed by atoms with van der Waals surface area (Å²) >= 11 is 0. The van der Waals surface area contributed by atoms with Crippen molar-refractivity contribution in [3.63, 3.8) is 0 Å². The number of aromatic nitrogens is 4. The summed E-state index contributed by atoms with van der Waals surface area (Å²) in [4.78, 5) is 31.6. The highest BCUT2D eigenvalue weighted by Crippen LogP contribution is 2.32. The summed E-state index contributed by atoms with van der Waals surface area (Å²) in [5, 5.41) is 32.5. The first-order valence-corrected chi connectivity index (χ1v) is 18.9. The topological polar surface area (TPSA) is 189 Å². The van der Waals surface area contributed by atoms with Gasteiger partial charge in [0.15, 0.2) is 11.6 Å². The Labute approximate surface area is 292 Å². The predicted octanol–water partition coefficient (Wildman–Crippen LogP) is 7.17. The smallest absolute Gasteiger partial charge is 0.304 e. The number of hydroxylamine groups is 1. The first-order valence-electron chi connectivity index (χ1n) is 18.9. The van der Waals surface area contributed by atoms with E-state index in [1.807, 2.05) is 0 Å². The van der Waals surface area contributed by atoms with Crippen molar-refractivity contribution >= 4 is 11.9 Å². The van der Waals surface area contributed by atoms with Gasteiger partial charge in [-0.3, -0.25) is 14.8 Å². The van der Waals surface area contributed by atoms with E-state index in [0.717, 1.165) is 37.5 Å². The lowest BCUT2D eigenvalue weighted by atomic mass is 9.84. The van der Waals surface area contributed by atoms with Crippen LogP contribution in [0.4, 0.5) is 0 Å². The molecular formula is C36H63N7O6. The van der Waals surface area contributed by atoms with Crippen molar-refractivity contribution in [2.75, 3.05) is 0 Å². The van der Waals surface area contributed by atoms with Crippen molar-refractivity contribution in [2.24, 2.45) is 11.8 Å². The van der Waals surface area contributed by atoms with Gasteiger partial charge in [-0.05, 0) is 24.7 Å². The van der Waals surface area contributed by atoms with Gasteiger partial charge in [0.2, 0.25) is 17.7 Å². The molecule has 0 aromatic carbocycles. The molecule has 0 radical (unpaired) electrons. The number of carboxylic acid groups (broad SMARTS) is 1. The monoisotopic (exact) mass is 689 g/mol. The number of carbonyl (C=O) groups is 2. The molecule has 1 amide bonds. The van der Waals surface area contributed by atoms with Gasteiger partial charge < -0.3 is 24.8 Å². The molecule has 4 rings (SSSR count). The first-order chi connectivity index (χ1) is 23.6. The lowest BCUT2D eigenvalue weighted by molar-refractivity contribution is -0.137. The minimum Gasteiger partial charge on any atom is -0.481 e. The third kappa shape index (κ3) is 16.6. The number of nitrogens with zero attached hydrogens (tertiary/aromatic N) is 4. The number of nitrogens with one attached hydrogen (secondary N) is 3. The molecule has 13 heteroatoms. The van der Waals surface area contributed by atoms with Crippen LogP contribution in [0, 0.1) is 11.8 Å². The molecule has 2 aromatic heterocycles. The molecule has 5 N–H and O–H groups in total. The molecule has 2 aliphatic rings. The van der Waals surface area contributed by atoms with E-state index in [2.05, 4.69) is 58.6 Å². The maximum absolute atomic E-state index is 11.6. The minimum absolute atomic E-state index is 0.0594. The van der Waals surface area contributed by atoms with Crippen LogP contribution in [-0.2, 0) is 22.7 Å². The van der Waals surface area contributed by atoms with Gasteiger partial charge in [-0.2, -0.15) is 9.97 Å². The Morgan fingerprint density at radius 1 is 0.714 bits per heavy atom. The summed E-state index contributed by atoms with van der Waals surface area (Å²) in [5.41, 5.74) is 1.71. The van der Waals surface area contributed by atoms with E-state index in [1.165, 1.54) is 77.0 Å². The number of hydrogen-bond donors (Lipinski definition) is 5. The fourth-order valence-corrected chi connectivity index (χ4v) is 6.96. The standard InChI is InChI=1S/C18H32N4O3.C18H31N3O3/c1-13(2)19-12-16-20-18(25-22-16)15(11-17(23)21-24)10-6-9-14-7-4-3-5-8-14;1-13(2)19-12-16-20-18(24-21-16)15(11-17(22)23)10-6-9-14-7-4-3-5-8-14/h13-15,19,24H,3-12H2,1-2H3,(H,21,23);13-15,19H,3-12H2,1-2H3,(H,22,23)/t2*15-/m11/s1. The Hall–Kier alpha value is -2.90. The summed E-state index contributed by atoms with van der Waals surface area (Å²) < 4.78 is 10.7. The van der Waals surface area contributed by atoms with Crippen LogP contribution < -0.4 is 16.1 Å². The Kier molecular flexibility index (Phi) is 18.8. The van der Waals surface area contributed by atoms with Crippen LogP contribution in [0.2, 0.25) is 0 Å². The summed E-state index contributed by atoms with van der Waals surface area (Å²) in [5.74, 6) is 2.26. The van der Waals surface area contributed by atoms with E-state index < -0.39 is 11.9 Å². The molecule has 2 atom stereocenters. The molecule has 0 spiro atoms. The zero-order valence-electron chi connectivity index (χ0n) is 30.4. The maximum Gasteiger partial charge on any atom is 0.304 e. The Balaban J connectivity index is 0.000000266. The van der Waals surface area contributed by atoms with Gasteiger partial charge in [0.1, 0.15) is 0 Å². The van der Waals surface area contributed by atoms with Crippen molar-refractivity contribution in [3.8, 4) is 0 Å². The SMILES string of the molecule is CC(C)NCc1noc([C@H](CCCC2CCCCC2)CC(=O)NO)n1.CC(C)NCc1noc([C@H](CCCC2CCCCC2)CC(=O)O)n1. The average molecular weight is 690 g/mol. The van der Waals surface area contributed by atoms with Crippen LogP contribution in [-0.4, -0.2) is 54.6 Å². The summed E-state index contributed by atoms with van der Waals surface area (Å²) in [7, 11) is 0. The summed E-state index contributed by atoms with van der Waals surface area (Å²) in [6.07, 6.45) is 19.7. The highest BCUT2D eigenvalue weighted by molar-refractivity contribution is 5.75. The van der Waals surface area contributed by atoms with Crippen molar-refractivity contribution in [1.29, 1.82) is 0 Å². The van der Waals surface area contributed by atoms with Gasteiger partial charge in [0.25, 0.3) is 0 Å². The molecule has 2 aliphatic carbocycles. The zero-order chi connectivity index (χ0) is 35.4. The third-order valence-electron chi connectivity index (χ3n) is 9.76. The van der Waals surface area contributed by atoms with Crippen molar-refractivity contribution < 1.29 is 28.9 Å². The molecule has 49 heavy (non-hydrogen) atoms. The van der Waals surface area contributed by atoms with Crippen LogP contribution in [0.5, 0.6) is 0 Å². The molecule has 13 nitrogen and oxygen atoms in total. The first kappa shape index (κ1) is 40.5. The van der Waals surface area contributed by atoms with E-state index in [4.69, 9.17) is 14.3 Å². The lowest BCUT2D eigenvalue weighted by Crippen LogP contribution is -2.23. The molecule has 2 aromatic rings. The van der Waals surface area contributed by atoms with Crippen molar-refractivity contribution in [1.82, 2.24) is 36.4 Å². The van der Waals surface area contributed by atoms with Crippen LogP contribution >= 0.6 is 0 Å². The average Bonchev–Trinajstić information content (AvgIpc) is 3.77. The molecule has 0 unspecified atom stereocenters. The van der Waals surface area contributed by atoms with Gasteiger partial charge in [-0.25, -0.2) is 5.48 Å². The molecule has 0 bridgehead atoms. The van der Waals surface area contributed by atoms with E-state index in [1.54, 1.807) is 5.48 Å². The Morgan fingerprint density at radius 2 is 1.14 bits per heavy atom. The number of aliphatic carboxylic acids is 1. The number of hydrogen-bond acceptors (Lipinski definition) is 11. The number of carboxylic acids is 1. The molecular weight excluding hydrogens is 626 g/mol. The molecule has 0 saturated heterocycles. The van der Waals surface area contributed by atoms with E-state index >= 15 is 0 Å². The van der Waals surface area contributed by atoms with Gasteiger partial charge >= 0.3 is 5.97 Å². The zero-order valence-corrected chi connectivity index (χ0v) is 30.4. The second kappa shape index (κ2) is 22.7. The van der Waals surface area contributed by atoms with Crippen molar-refractivity contribution in [2.45, 2.75) is 180 Å². The second-order valence-corrected chi connectivity index (χ2v) is 14.8. The molecule has 278 valence electrons. The Morgan fingerprint density at radius 3 is 1.53 bits per heavy atom. The van der Waals surface area contributed by atoms with Gasteiger partial charge in [0, 0.05) is 30.3 Å². The maximum atomic E-state index is 11.6. The van der Waals surface area contributed by atoms with Crippen LogP contribution in [0.15, 0.2) is 9.05 Å². The van der Waals surface area contributed by atoms with Gasteiger partial charge in [0.05, 0.1) is 19.5 Å². The molecule has 2 fully saturated rings. The summed E-state index contributed by atoms with van der Waals surface area (Å²) in [6, 6.07) is 0.686. The van der Waals surface area contributed by atoms with Crippen LogP contribution in [0.3, 0.4) is 0 Å². The molecule has 2 heterocycles. The third-order valence-corrected chi connectivity index (χ3v) is 9.76. The molecule has 0 aliphatic heterocycles. The van der Waals surface area contributed by atoms with Gasteiger partial charge in [-0.15, -0.1) is 0 Å². The lowest BCUT2D eigenvalue weighted by Gasteiger charge is -2.22. The van der Waals surface area contributed by atoms with Crippen LogP contribution in [0.25, 0.3) is 0 Å². The summed E-state index contributed by atoms with van der Waals surface area (Å²) in [6.45, 7) is 9.31. The number of carbonyl (C=O) groups excluding carboxylic acids is 1. The largest absolute Gasteiger partial charge is 0.481 e. The molecule has 2 saturated carbocycles. The number of rotatable bonds is 20. The van der Waals surface area contributed by atoms with Gasteiger partial charge in [-0.1, -0.05) is 128 Å².